The third kappa shape index (κ3) is 57.2. The Morgan fingerprint density at radius 1 is 0.290 bits per heavy atom. The lowest BCUT2D eigenvalue weighted by atomic mass is 9.97. The van der Waals surface area contributed by atoms with Crippen LogP contribution in [0.2, 0.25) is 25.1 Å². The fourth-order valence-corrected chi connectivity index (χ4v) is 13.5. The lowest BCUT2D eigenvalue weighted by Gasteiger charge is -2.28. The Morgan fingerprint density at radius 2 is 0.522 bits per heavy atom. The number of aryl methyl sites for hydroxylation is 1. The first kappa shape index (κ1) is 127. The van der Waals surface area contributed by atoms with Gasteiger partial charge in [-0.3, -0.25) is 43.3 Å². The first-order chi connectivity index (χ1) is 63.3. The minimum atomic E-state index is -0.637. The van der Waals surface area contributed by atoms with Crippen molar-refractivity contribution >= 4 is 122 Å². The third-order valence-corrected chi connectivity index (χ3v) is 21.6. The van der Waals surface area contributed by atoms with Crippen LogP contribution in [0.25, 0.3) is 0 Å². The van der Waals surface area contributed by atoms with Crippen molar-refractivity contribution in [3.05, 3.63) is 280 Å². The molecule has 0 aliphatic heterocycles. The highest BCUT2D eigenvalue weighted by molar-refractivity contribution is 9.10. The summed E-state index contributed by atoms with van der Waals surface area (Å²) in [4.78, 5) is 94.2. The predicted octanol–water partition coefficient (Wildman–Crippen LogP) is 24.2. The lowest BCUT2D eigenvalue weighted by molar-refractivity contribution is -0.162. The second kappa shape index (κ2) is 59.8. The Hall–Kier alpha value is -8.82. The van der Waals surface area contributed by atoms with Crippen LogP contribution in [0.15, 0.2) is 199 Å². The quantitative estimate of drug-likeness (QED) is 0.0219. The highest BCUT2D eigenvalue weighted by Crippen LogP contribution is 2.30. The molecule has 0 bridgehead atoms. The number of nitrogens with two attached hydrogens (primary N) is 4. The van der Waals surface area contributed by atoms with Crippen LogP contribution in [-0.4, -0.2) is 142 Å². The van der Waals surface area contributed by atoms with E-state index in [0.29, 0.717) is 63.6 Å². The Kier molecular flexibility index (Phi) is 55.1. The van der Waals surface area contributed by atoms with Crippen molar-refractivity contribution in [2.75, 3.05) is 14.1 Å². The van der Waals surface area contributed by atoms with Crippen LogP contribution in [-0.2, 0) is 128 Å². The van der Waals surface area contributed by atoms with E-state index in [-0.39, 0.29) is 65.4 Å². The van der Waals surface area contributed by atoms with Crippen molar-refractivity contribution in [2.24, 2.45) is 40.7 Å². The zero-order valence-electron chi connectivity index (χ0n) is 86.7. The SMILES string of the molecule is CC(C(=O)OC(C)(C)Cc1ccc(Cl)cc1)N(C)C.CC(C)C(=O)OC(C)(C)Cc1ccc(Br)cc1.CC(C)C(=O)OC(C)(C)Cc1ccc(F)cc1.CC(C)C(=O)OC(C)(C)Cc1ccccc1.CC(N)C(=O)OC(C)(C)Cc1ccc(Cl)c(Cl)c1.CC(N)C(=O)OC(C)(C)Cc1ccc(Cl)cc1.CC(N)C(=O)OC(C)(C)Cc1cccc(Cl)c1.Cc1ccc(CC(C)(C)OC(=O)C(C)N)cc1. The van der Waals surface area contributed by atoms with E-state index in [0.717, 1.165) is 56.3 Å². The zero-order chi connectivity index (χ0) is 106. The van der Waals surface area contributed by atoms with Crippen LogP contribution < -0.4 is 22.9 Å². The lowest BCUT2D eigenvalue weighted by Crippen LogP contribution is -2.40. The molecule has 8 aromatic carbocycles. The van der Waals surface area contributed by atoms with Crippen molar-refractivity contribution in [3.63, 3.8) is 0 Å². The monoisotopic (exact) mass is 2070 g/mol. The third-order valence-electron chi connectivity index (χ3n) is 19.6. The molecule has 0 amide bonds. The molecule has 0 aliphatic carbocycles. The van der Waals surface area contributed by atoms with Gasteiger partial charge < -0.3 is 60.8 Å². The molecule has 8 rings (SSSR count). The molecule has 8 aromatic rings. The standard InChI is InChI=1S/C15H22ClNO2.C14H19BrO2.C14H19FO2.C14H21NO2.C14H20O2.C13H17Cl2NO2.2C13H18ClNO2/c1-11(17(4)5)14(18)19-15(2,3)10-12-6-8-13(16)9-7-12;2*1-10(2)13(16)17-14(3,4)9-11-5-7-12(15)8-6-11;1-10-5-7-12(8-6-10)9-14(3,4)17-13(16)11(2)15;1-11(2)13(15)16-14(3,4)10-12-8-6-5-7-9-12;1-8(16)12(17)18-13(2,3)7-9-4-5-10(14)11(15)6-9;1-9(15)12(16)17-13(2,3)8-10-4-6-11(14)7-5-10;1-9(15)12(16)17-13(2,3)8-10-5-4-6-11(14)7-10/h6-9,11H,10H2,1-5H3;2*5-8,10H,9H2,1-4H3;5-8,11H,9,15H2,1-4H3;5-9,11H,10H2,1-4H3;4-6,8H,7,16H2,1-3H3;2*4-7,9H,8,15H2,1-3H3. The number of rotatable bonds is 33. The van der Waals surface area contributed by atoms with Gasteiger partial charge in [-0.2, -0.15) is 0 Å². The molecule has 8 N–H and O–H groups in total. The Bertz CT molecular complexity index is 4720. The molecule has 0 aromatic heterocycles. The van der Waals surface area contributed by atoms with Gasteiger partial charge in [0.25, 0.3) is 0 Å². The molecule has 0 heterocycles. The van der Waals surface area contributed by atoms with Crippen molar-refractivity contribution in [1.29, 1.82) is 0 Å². The molecule has 21 nitrogen and oxygen atoms in total. The van der Waals surface area contributed by atoms with Crippen LogP contribution in [0.1, 0.15) is 237 Å². The number of benzene rings is 8. The number of carbonyl (C=O) groups is 8. The minimum Gasteiger partial charge on any atom is -0.459 e. The molecule has 5 atom stereocenters. The highest BCUT2D eigenvalue weighted by atomic mass is 79.9. The summed E-state index contributed by atoms with van der Waals surface area (Å²) in [6, 6.07) is 57.9. The van der Waals surface area contributed by atoms with Gasteiger partial charge in [-0.05, 0) is 284 Å². The van der Waals surface area contributed by atoms with Gasteiger partial charge in [0, 0.05) is 70.9 Å². The van der Waals surface area contributed by atoms with Gasteiger partial charge in [-0.1, -0.05) is 242 Å². The van der Waals surface area contributed by atoms with Crippen LogP contribution in [0, 0.1) is 30.5 Å². The van der Waals surface area contributed by atoms with E-state index in [4.69, 9.17) is 119 Å². The van der Waals surface area contributed by atoms with Gasteiger partial charge in [-0.15, -0.1) is 0 Å². The molecule has 0 saturated carbocycles. The van der Waals surface area contributed by atoms with Gasteiger partial charge in [0.2, 0.25) is 0 Å². The second-order valence-corrected chi connectivity index (χ2v) is 43.5. The fraction of sp³-hybridized carbons (Fsp3) is 0.491. The van der Waals surface area contributed by atoms with E-state index in [9.17, 15) is 42.7 Å². The van der Waals surface area contributed by atoms with Crippen LogP contribution in [0.5, 0.6) is 0 Å². The predicted molar refractivity (Wildman–Crippen MR) is 562 cm³/mol. The number of hydrogen-bond donors (Lipinski definition) is 4. The average molecular weight is 2080 g/mol. The number of esters is 8. The minimum absolute atomic E-state index is 0.0740. The molecule has 0 fully saturated rings. The van der Waals surface area contributed by atoms with Crippen LogP contribution in [0.3, 0.4) is 0 Å². The first-order valence-corrected chi connectivity index (χ1v) is 48.8. The molecular formula is C110H154BrCl5FN5O16. The summed E-state index contributed by atoms with van der Waals surface area (Å²) in [6.07, 6.45) is 5.16. The summed E-state index contributed by atoms with van der Waals surface area (Å²) in [5.74, 6) is -2.81. The van der Waals surface area contributed by atoms with Crippen LogP contribution >= 0.6 is 73.9 Å². The van der Waals surface area contributed by atoms with E-state index >= 15 is 0 Å². The van der Waals surface area contributed by atoms with Gasteiger partial charge >= 0.3 is 47.8 Å². The van der Waals surface area contributed by atoms with E-state index in [1.54, 1.807) is 65.8 Å². The van der Waals surface area contributed by atoms with Crippen molar-refractivity contribution < 1.29 is 80.6 Å². The summed E-state index contributed by atoms with van der Waals surface area (Å²) in [5, 5.41) is 3.07. The van der Waals surface area contributed by atoms with E-state index < -0.39 is 80.9 Å². The summed E-state index contributed by atoms with van der Waals surface area (Å²) >= 11 is 32.7. The number of carbonyl (C=O) groups excluding carboxylic acids is 8. The van der Waals surface area contributed by atoms with Gasteiger partial charge in [-0.25, -0.2) is 4.39 Å². The second-order valence-electron chi connectivity index (χ2n) is 40.5. The topological polar surface area (TPSA) is 318 Å². The van der Waals surface area contributed by atoms with E-state index in [1.165, 1.54) is 23.3 Å². The maximum Gasteiger partial charge on any atom is 0.323 e. The molecule has 0 radical (unpaired) electrons. The van der Waals surface area contributed by atoms with Crippen molar-refractivity contribution in [2.45, 2.75) is 320 Å². The maximum atomic E-state index is 12.8. The van der Waals surface area contributed by atoms with Crippen molar-refractivity contribution in [1.82, 2.24) is 4.90 Å². The highest BCUT2D eigenvalue weighted by Gasteiger charge is 2.33. The molecule has 0 aliphatic rings. The molecule has 28 heteroatoms. The van der Waals surface area contributed by atoms with E-state index in [1.807, 2.05) is 305 Å². The summed E-state index contributed by atoms with van der Waals surface area (Å²) < 4.78 is 57.1. The number of hydrogen-bond acceptors (Lipinski definition) is 21. The Balaban J connectivity index is 0.000000789. The van der Waals surface area contributed by atoms with Crippen molar-refractivity contribution in [3.8, 4) is 0 Å². The largest absolute Gasteiger partial charge is 0.459 e. The Morgan fingerprint density at radius 3 is 0.790 bits per heavy atom. The molecule has 5 unspecified atom stereocenters. The summed E-state index contributed by atoms with van der Waals surface area (Å²) in [5.41, 5.74) is 27.4. The average Bonchev–Trinajstić information content (AvgIpc) is 0.853. The number of ether oxygens (including phenoxy) is 8. The molecular weight excluding hydrogens is 1920 g/mol. The fourth-order valence-electron chi connectivity index (χ4n) is 12.4. The smallest absolute Gasteiger partial charge is 0.323 e. The van der Waals surface area contributed by atoms with Gasteiger partial charge in [0.05, 0.1) is 27.8 Å². The van der Waals surface area contributed by atoms with E-state index in [2.05, 4.69) is 40.2 Å². The summed E-state index contributed by atoms with van der Waals surface area (Å²) in [7, 11) is 3.72. The molecule has 764 valence electrons. The van der Waals surface area contributed by atoms with Crippen LogP contribution in [0.4, 0.5) is 4.39 Å². The first-order valence-electron chi connectivity index (χ1n) is 46.1. The maximum absolute atomic E-state index is 12.8. The van der Waals surface area contributed by atoms with Gasteiger partial charge in [0.15, 0.2) is 0 Å². The number of likely N-dealkylation sites (N-methyl/N-ethyl adjacent to an activating group) is 1. The molecule has 138 heavy (non-hydrogen) atoms. The molecule has 0 saturated heterocycles. The Labute approximate surface area is 855 Å². The normalized spacial score (nSPS) is 12.7. The number of nitrogens with zero attached hydrogens (tertiary/aromatic N) is 1. The zero-order valence-corrected chi connectivity index (χ0v) is 92.1. The molecule has 0 spiro atoms. The number of halogens is 7. The van der Waals surface area contributed by atoms with Gasteiger partial charge in [0.1, 0.15) is 80.8 Å². The summed E-state index contributed by atoms with van der Waals surface area (Å²) in [6.45, 7) is 51.5.